The lowest BCUT2D eigenvalue weighted by molar-refractivity contribution is 0.0954. The average molecular weight is 369 g/mol. The summed E-state index contributed by atoms with van der Waals surface area (Å²) in [5, 5.41) is 13.2. The second-order valence-electron chi connectivity index (χ2n) is 6.11. The van der Waals surface area contributed by atoms with Crippen LogP contribution in [0.3, 0.4) is 0 Å². The Hall–Kier alpha value is -3.91. The number of amides is 1. The summed E-state index contributed by atoms with van der Waals surface area (Å²) in [5.74, 6) is 0.347. The van der Waals surface area contributed by atoms with Gasteiger partial charge in [-0.25, -0.2) is 5.43 Å². The fraction of sp³-hybridized carbons (Fsp3) is 0.0870. The van der Waals surface area contributed by atoms with Crippen molar-refractivity contribution in [2.45, 2.75) is 13.5 Å². The van der Waals surface area contributed by atoms with Gasteiger partial charge in [-0.2, -0.15) is 10.4 Å². The average Bonchev–Trinajstić information content (AvgIpc) is 2.73. The van der Waals surface area contributed by atoms with E-state index in [0.29, 0.717) is 16.9 Å². The molecule has 0 aliphatic carbocycles. The van der Waals surface area contributed by atoms with Gasteiger partial charge in [0.15, 0.2) is 0 Å². The molecule has 0 radical (unpaired) electrons. The van der Waals surface area contributed by atoms with E-state index in [1.54, 1.807) is 18.3 Å². The normalized spacial score (nSPS) is 10.4. The molecule has 0 aromatic heterocycles. The molecule has 0 saturated heterocycles. The third-order valence-electron chi connectivity index (χ3n) is 4.20. The number of nitriles is 1. The maximum atomic E-state index is 12.2. The van der Waals surface area contributed by atoms with Crippen LogP contribution in [0.1, 0.15) is 32.6 Å². The molecule has 0 saturated carbocycles. The number of hydrazone groups is 1. The van der Waals surface area contributed by atoms with Crippen molar-refractivity contribution in [3.8, 4) is 11.8 Å². The Morgan fingerprint density at radius 2 is 1.79 bits per heavy atom. The van der Waals surface area contributed by atoms with Crippen molar-refractivity contribution in [2.75, 3.05) is 0 Å². The van der Waals surface area contributed by atoms with Crippen LogP contribution in [0, 0.1) is 18.3 Å². The number of nitrogens with one attached hydrogen (secondary N) is 1. The van der Waals surface area contributed by atoms with Gasteiger partial charge in [0.05, 0.1) is 17.8 Å². The number of hydrogen-bond donors (Lipinski definition) is 1. The van der Waals surface area contributed by atoms with E-state index in [0.717, 1.165) is 16.7 Å². The summed E-state index contributed by atoms with van der Waals surface area (Å²) in [6.45, 7) is 2.14. The Morgan fingerprint density at radius 1 is 1.07 bits per heavy atom. The van der Waals surface area contributed by atoms with Crippen LogP contribution < -0.4 is 10.2 Å². The molecule has 5 heteroatoms. The predicted octanol–water partition coefficient (Wildman–Crippen LogP) is 4.21. The zero-order valence-electron chi connectivity index (χ0n) is 15.4. The maximum Gasteiger partial charge on any atom is 0.271 e. The molecule has 3 rings (SSSR count). The largest absolute Gasteiger partial charge is 0.488 e. The highest BCUT2D eigenvalue weighted by molar-refractivity contribution is 5.96. The molecule has 1 N–H and O–H groups in total. The van der Waals surface area contributed by atoms with Crippen molar-refractivity contribution in [3.05, 3.63) is 101 Å². The number of ether oxygens (including phenoxy) is 1. The third-order valence-corrected chi connectivity index (χ3v) is 4.20. The number of benzene rings is 3. The minimum atomic E-state index is -0.268. The number of nitrogens with zero attached hydrogens (tertiary/aromatic N) is 2. The lowest BCUT2D eigenvalue weighted by Crippen LogP contribution is -2.18. The Morgan fingerprint density at radius 3 is 2.61 bits per heavy atom. The van der Waals surface area contributed by atoms with Gasteiger partial charge in [-0.05, 0) is 36.8 Å². The van der Waals surface area contributed by atoms with Crippen molar-refractivity contribution in [2.24, 2.45) is 5.10 Å². The van der Waals surface area contributed by atoms with Crippen molar-refractivity contribution in [1.82, 2.24) is 5.43 Å². The van der Waals surface area contributed by atoms with Gasteiger partial charge in [0.25, 0.3) is 5.91 Å². The third kappa shape index (κ3) is 4.63. The molecule has 0 atom stereocenters. The monoisotopic (exact) mass is 369 g/mol. The van der Waals surface area contributed by atoms with Gasteiger partial charge < -0.3 is 4.74 Å². The van der Waals surface area contributed by atoms with Gasteiger partial charge in [0.1, 0.15) is 12.4 Å². The Balaban J connectivity index is 1.68. The topological polar surface area (TPSA) is 74.5 Å². The van der Waals surface area contributed by atoms with Gasteiger partial charge >= 0.3 is 0 Å². The van der Waals surface area contributed by atoms with Crippen LogP contribution in [-0.2, 0) is 6.61 Å². The highest BCUT2D eigenvalue weighted by atomic mass is 16.5. The minimum absolute atomic E-state index is 0.268. The minimum Gasteiger partial charge on any atom is -0.488 e. The molecule has 0 aliphatic heterocycles. The molecule has 0 fully saturated rings. The number of para-hydroxylation sites is 1. The summed E-state index contributed by atoms with van der Waals surface area (Å²) in [6.07, 6.45) is 1.54. The number of carbonyl (C=O) groups excluding carboxylic acids is 1. The fourth-order valence-corrected chi connectivity index (χ4v) is 2.68. The fourth-order valence-electron chi connectivity index (χ4n) is 2.68. The molecule has 0 spiro atoms. The van der Waals surface area contributed by atoms with Gasteiger partial charge in [-0.1, -0.05) is 48.5 Å². The Kier molecular flexibility index (Phi) is 6.17. The summed E-state index contributed by atoms with van der Waals surface area (Å²) < 4.78 is 5.87. The molecule has 3 aromatic carbocycles. The summed E-state index contributed by atoms with van der Waals surface area (Å²) >= 11 is 0. The van der Waals surface area contributed by atoms with Crippen molar-refractivity contribution < 1.29 is 9.53 Å². The van der Waals surface area contributed by atoms with E-state index in [2.05, 4.69) is 16.6 Å². The first-order chi connectivity index (χ1) is 13.7. The van der Waals surface area contributed by atoms with Crippen LogP contribution >= 0.6 is 0 Å². The molecule has 3 aromatic rings. The summed E-state index contributed by atoms with van der Waals surface area (Å²) in [6, 6.07) is 24.2. The van der Waals surface area contributed by atoms with Crippen LogP contribution in [0.4, 0.5) is 0 Å². The lowest BCUT2D eigenvalue weighted by Gasteiger charge is -2.10. The molecule has 0 bridgehead atoms. The molecule has 0 heterocycles. The number of aryl methyl sites for hydroxylation is 1. The molecule has 5 nitrogen and oxygen atoms in total. The van der Waals surface area contributed by atoms with Gasteiger partial charge in [0.2, 0.25) is 0 Å². The zero-order chi connectivity index (χ0) is 19.8. The van der Waals surface area contributed by atoms with Crippen LogP contribution in [0.15, 0.2) is 77.9 Å². The number of rotatable bonds is 6. The second kappa shape index (κ2) is 9.15. The predicted molar refractivity (Wildman–Crippen MR) is 108 cm³/mol. The van der Waals surface area contributed by atoms with E-state index in [-0.39, 0.29) is 12.5 Å². The van der Waals surface area contributed by atoms with E-state index in [1.165, 1.54) is 0 Å². The number of hydrogen-bond acceptors (Lipinski definition) is 4. The number of carbonyl (C=O) groups is 1. The van der Waals surface area contributed by atoms with E-state index in [1.807, 2.05) is 67.6 Å². The van der Waals surface area contributed by atoms with Crippen LogP contribution in [0.2, 0.25) is 0 Å². The van der Waals surface area contributed by atoms with Crippen LogP contribution in [0.25, 0.3) is 0 Å². The van der Waals surface area contributed by atoms with Gasteiger partial charge in [-0.3, -0.25) is 4.79 Å². The van der Waals surface area contributed by atoms with Crippen LogP contribution in [0.5, 0.6) is 5.75 Å². The first-order valence-electron chi connectivity index (χ1n) is 8.78. The summed E-state index contributed by atoms with van der Waals surface area (Å²) in [5.41, 5.74) is 6.12. The first kappa shape index (κ1) is 18.9. The standard InChI is InChI=1S/C23H19N3O2/c1-17-8-2-6-12-21(17)23(27)26-25-15-19-10-5-7-13-22(19)28-16-20-11-4-3-9-18(20)14-24/h2-13,15H,16H2,1H3,(H,26,27)/b25-15+. The highest BCUT2D eigenvalue weighted by Crippen LogP contribution is 2.18. The summed E-state index contributed by atoms with van der Waals surface area (Å²) in [4.78, 5) is 12.2. The molecule has 138 valence electrons. The zero-order valence-corrected chi connectivity index (χ0v) is 15.4. The quantitative estimate of drug-likeness (QED) is 0.522. The highest BCUT2D eigenvalue weighted by Gasteiger charge is 2.07. The molecule has 0 aliphatic rings. The Bertz CT molecular complexity index is 1050. The summed E-state index contributed by atoms with van der Waals surface area (Å²) in [7, 11) is 0. The van der Waals surface area contributed by atoms with Crippen LogP contribution in [-0.4, -0.2) is 12.1 Å². The maximum absolute atomic E-state index is 12.2. The van der Waals surface area contributed by atoms with E-state index < -0.39 is 0 Å². The van der Waals surface area contributed by atoms with E-state index >= 15 is 0 Å². The van der Waals surface area contributed by atoms with Gasteiger partial charge in [0, 0.05) is 16.7 Å². The SMILES string of the molecule is Cc1ccccc1C(=O)N/N=C/c1ccccc1OCc1ccccc1C#N. The van der Waals surface area contributed by atoms with E-state index in [9.17, 15) is 10.1 Å². The molecule has 0 unspecified atom stereocenters. The smallest absolute Gasteiger partial charge is 0.271 e. The lowest BCUT2D eigenvalue weighted by atomic mass is 10.1. The molecule has 1 amide bonds. The first-order valence-corrected chi connectivity index (χ1v) is 8.78. The van der Waals surface area contributed by atoms with Gasteiger partial charge in [-0.15, -0.1) is 0 Å². The second-order valence-corrected chi connectivity index (χ2v) is 6.11. The van der Waals surface area contributed by atoms with Crippen molar-refractivity contribution in [1.29, 1.82) is 5.26 Å². The van der Waals surface area contributed by atoms with Crippen molar-refractivity contribution >= 4 is 12.1 Å². The molecule has 28 heavy (non-hydrogen) atoms. The Labute approximate surface area is 163 Å². The van der Waals surface area contributed by atoms with Crippen molar-refractivity contribution in [3.63, 3.8) is 0 Å². The molecular weight excluding hydrogens is 350 g/mol. The van der Waals surface area contributed by atoms with E-state index in [4.69, 9.17) is 4.74 Å². The molecular formula is C23H19N3O2.